The fraction of sp³-hybridized carbons (Fsp3) is 0.286. The van der Waals surface area contributed by atoms with E-state index in [0.29, 0.717) is 25.8 Å². The fourth-order valence-electron chi connectivity index (χ4n) is 3.75. The van der Waals surface area contributed by atoms with E-state index in [1.165, 1.54) is 12.1 Å². The molecule has 0 radical (unpaired) electrons. The minimum Gasteiger partial charge on any atom is -0.497 e. The standard InChI is InChI=1S/C28H31FN2O3/c1-3-7-27(32)31(20-23-10-14-24(29)15-11-23)26(18-21-8-5-4-6-9-21)28(33)30-19-22-12-16-25(34-2)17-13-22/h4-6,8-17,26H,3,7,18-20H2,1-2H3,(H,30,33)/t26-/m0/s1. The molecule has 2 amide bonds. The molecule has 1 atom stereocenters. The minimum absolute atomic E-state index is 0.104. The number of methoxy groups -OCH3 is 1. The molecule has 3 rings (SSSR count). The van der Waals surface area contributed by atoms with Crippen molar-refractivity contribution in [3.8, 4) is 5.75 Å². The first-order chi connectivity index (χ1) is 16.5. The Morgan fingerprint density at radius 3 is 2.18 bits per heavy atom. The zero-order valence-electron chi connectivity index (χ0n) is 19.7. The van der Waals surface area contributed by atoms with Crippen molar-refractivity contribution in [1.29, 1.82) is 0 Å². The fourth-order valence-corrected chi connectivity index (χ4v) is 3.75. The third kappa shape index (κ3) is 7.17. The molecule has 0 aromatic heterocycles. The van der Waals surface area contributed by atoms with Gasteiger partial charge in [0, 0.05) is 25.9 Å². The van der Waals surface area contributed by atoms with E-state index in [1.54, 1.807) is 24.1 Å². The van der Waals surface area contributed by atoms with Crippen LogP contribution >= 0.6 is 0 Å². The van der Waals surface area contributed by atoms with Crippen molar-refractivity contribution in [1.82, 2.24) is 10.2 Å². The molecule has 3 aromatic rings. The molecule has 0 unspecified atom stereocenters. The van der Waals surface area contributed by atoms with Gasteiger partial charge < -0.3 is 15.0 Å². The summed E-state index contributed by atoms with van der Waals surface area (Å²) in [5, 5.41) is 3.00. The van der Waals surface area contributed by atoms with Gasteiger partial charge >= 0.3 is 0 Å². The van der Waals surface area contributed by atoms with Crippen LogP contribution in [0.3, 0.4) is 0 Å². The van der Waals surface area contributed by atoms with Crippen LogP contribution in [0.15, 0.2) is 78.9 Å². The summed E-state index contributed by atoms with van der Waals surface area (Å²) in [6.07, 6.45) is 1.38. The normalized spacial score (nSPS) is 11.5. The van der Waals surface area contributed by atoms with Gasteiger partial charge in [0.1, 0.15) is 17.6 Å². The quantitative estimate of drug-likeness (QED) is 0.441. The van der Waals surface area contributed by atoms with Crippen LogP contribution < -0.4 is 10.1 Å². The number of carbonyl (C=O) groups excluding carboxylic acids is 2. The van der Waals surface area contributed by atoms with Crippen LogP contribution in [0.4, 0.5) is 4.39 Å². The van der Waals surface area contributed by atoms with Crippen molar-refractivity contribution in [2.24, 2.45) is 0 Å². The highest BCUT2D eigenvalue weighted by atomic mass is 19.1. The van der Waals surface area contributed by atoms with Gasteiger partial charge in [-0.3, -0.25) is 9.59 Å². The molecule has 0 spiro atoms. The van der Waals surface area contributed by atoms with E-state index < -0.39 is 6.04 Å². The van der Waals surface area contributed by atoms with Gasteiger partial charge in [-0.25, -0.2) is 4.39 Å². The molecule has 1 N–H and O–H groups in total. The molecule has 34 heavy (non-hydrogen) atoms. The van der Waals surface area contributed by atoms with E-state index >= 15 is 0 Å². The van der Waals surface area contributed by atoms with Gasteiger partial charge in [0.05, 0.1) is 7.11 Å². The maximum Gasteiger partial charge on any atom is 0.243 e. The monoisotopic (exact) mass is 462 g/mol. The second kappa shape index (κ2) is 12.5. The Hall–Kier alpha value is -3.67. The lowest BCUT2D eigenvalue weighted by Crippen LogP contribution is -2.50. The molecule has 0 saturated carbocycles. The highest BCUT2D eigenvalue weighted by Crippen LogP contribution is 2.17. The van der Waals surface area contributed by atoms with Gasteiger partial charge in [-0.1, -0.05) is 61.5 Å². The van der Waals surface area contributed by atoms with E-state index in [-0.39, 0.29) is 24.2 Å². The van der Waals surface area contributed by atoms with Gasteiger partial charge in [-0.15, -0.1) is 0 Å². The van der Waals surface area contributed by atoms with Crippen molar-refractivity contribution in [3.63, 3.8) is 0 Å². The number of nitrogens with zero attached hydrogens (tertiary/aromatic N) is 1. The number of carbonyl (C=O) groups is 2. The Morgan fingerprint density at radius 1 is 0.912 bits per heavy atom. The summed E-state index contributed by atoms with van der Waals surface area (Å²) in [5.41, 5.74) is 2.66. The Labute approximate surface area is 200 Å². The van der Waals surface area contributed by atoms with Crippen molar-refractivity contribution >= 4 is 11.8 Å². The van der Waals surface area contributed by atoms with Crippen LogP contribution in [0.25, 0.3) is 0 Å². The Bertz CT molecular complexity index is 1050. The zero-order chi connectivity index (χ0) is 24.3. The first-order valence-corrected chi connectivity index (χ1v) is 11.5. The number of ether oxygens (including phenoxy) is 1. The summed E-state index contributed by atoms with van der Waals surface area (Å²) in [6, 6.07) is 22.4. The van der Waals surface area contributed by atoms with E-state index in [2.05, 4.69) is 5.32 Å². The number of halogens is 1. The molecule has 0 fully saturated rings. The molecule has 0 aliphatic rings. The number of benzene rings is 3. The van der Waals surface area contributed by atoms with Crippen molar-refractivity contribution in [2.45, 2.75) is 45.3 Å². The summed E-state index contributed by atoms with van der Waals surface area (Å²) in [6.45, 7) is 2.50. The number of hydrogen-bond donors (Lipinski definition) is 1. The highest BCUT2D eigenvalue weighted by molar-refractivity contribution is 5.88. The largest absolute Gasteiger partial charge is 0.497 e. The molecule has 178 valence electrons. The zero-order valence-corrected chi connectivity index (χ0v) is 19.7. The first-order valence-electron chi connectivity index (χ1n) is 11.5. The molecule has 0 saturated heterocycles. The summed E-state index contributed by atoms with van der Waals surface area (Å²) in [7, 11) is 1.61. The highest BCUT2D eigenvalue weighted by Gasteiger charge is 2.29. The Balaban J connectivity index is 1.85. The third-order valence-electron chi connectivity index (χ3n) is 5.63. The lowest BCUT2D eigenvalue weighted by molar-refractivity contribution is -0.141. The molecule has 6 heteroatoms. The summed E-state index contributed by atoms with van der Waals surface area (Å²) < 4.78 is 18.6. The third-order valence-corrected chi connectivity index (χ3v) is 5.63. The maximum absolute atomic E-state index is 13.4. The smallest absolute Gasteiger partial charge is 0.243 e. The van der Waals surface area contributed by atoms with Crippen LogP contribution in [-0.4, -0.2) is 29.9 Å². The van der Waals surface area contributed by atoms with E-state index in [9.17, 15) is 14.0 Å². The topological polar surface area (TPSA) is 58.6 Å². The first kappa shape index (κ1) is 25.0. The number of nitrogens with one attached hydrogen (secondary N) is 1. The lowest BCUT2D eigenvalue weighted by Gasteiger charge is -2.31. The molecule has 0 bridgehead atoms. The molecular formula is C28H31FN2O3. The van der Waals surface area contributed by atoms with Gasteiger partial charge in [-0.05, 0) is 47.4 Å². The second-order valence-corrected chi connectivity index (χ2v) is 8.17. The van der Waals surface area contributed by atoms with Crippen molar-refractivity contribution in [2.75, 3.05) is 7.11 Å². The van der Waals surface area contributed by atoms with Crippen LogP contribution in [-0.2, 0) is 29.1 Å². The van der Waals surface area contributed by atoms with E-state index in [4.69, 9.17) is 4.74 Å². The predicted octanol–water partition coefficient (Wildman–Crippen LogP) is 4.89. The summed E-state index contributed by atoms with van der Waals surface area (Å²) in [4.78, 5) is 28.2. The molecular weight excluding hydrogens is 431 g/mol. The number of hydrogen-bond acceptors (Lipinski definition) is 3. The second-order valence-electron chi connectivity index (χ2n) is 8.17. The van der Waals surface area contributed by atoms with Crippen molar-refractivity contribution < 1.29 is 18.7 Å². The van der Waals surface area contributed by atoms with Crippen LogP contribution in [0, 0.1) is 5.82 Å². The average molecular weight is 463 g/mol. The molecule has 0 aliphatic carbocycles. The SMILES string of the molecule is CCCC(=O)N(Cc1ccc(F)cc1)[C@@H](Cc1ccccc1)C(=O)NCc1ccc(OC)cc1. The van der Waals surface area contributed by atoms with E-state index in [0.717, 1.165) is 22.4 Å². The maximum atomic E-state index is 13.4. The molecule has 0 heterocycles. The average Bonchev–Trinajstić information content (AvgIpc) is 2.87. The number of amides is 2. The molecule has 5 nitrogen and oxygen atoms in total. The minimum atomic E-state index is -0.704. The van der Waals surface area contributed by atoms with Gasteiger partial charge in [0.2, 0.25) is 11.8 Å². The van der Waals surface area contributed by atoms with Crippen LogP contribution in [0.2, 0.25) is 0 Å². The Morgan fingerprint density at radius 2 is 1.56 bits per heavy atom. The van der Waals surface area contributed by atoms with E-state index in [1.807, 2.05) is 61.5 Å². The summed E-state index contributed by atoms with van der Waals surface area (Å²) in [5.74, 6) is 0.0690. The predicted molar refractivity (Wildman–Crippen MR) is 131 cm³/mol. The van der Waals surface area contributed by atoms with Crippen molar-refractivity contribution in [3.05, 3.63) is 101 Å². The van der Waals surface area contributed by atoms with Crippen LogP contribution in [0.1, 0.15) is 36.5 Å². The van der Waals surface area contributed by atoms with Gasteiger partial charge in [0.15, 0.2) is 0 Å². The number of rotatable bonds is 11. The van der Waals surface area contributed by atoms with Gasteiger partial charge in [0.25, 0.3) is 0 Å². The molecule has 0 aliphatic heterocycles. The van der Waals surface area contributed by atoms with Crippen LogP contribution in [0.5, 0.6) is 5.75 Å². The van der Waals surface area contributed by atoms with Gasteiger partial charge in [-0.2, -0.15) is 0 Å². The molecule has 3 aromatic carbocycles. The Kier molecular flexibility index (Phi) is 9.21. The lowest BCUT2D eigenvalue weighted by atomic mass is 10.0. The summed E-state index contributed by atoms with van der Waals surface area (Å²) >= 11 is 0.